The Kier molecular flexibility index (Phi) is 6.35. The van der Waals surface area contributed by atoms with Crippen molar-refractivity contribution in [2.45, 2.75) is 0 Å². The van der Waals surface area contributed by atoms with Crippen LogP contribution in [0.2, 0.25) is 0 Å². The zero-order valence-corrected chi connectivity index (χ0v) is 16.0. The standard InChI is InChI=1S/C22H18N2O6/c1-28-18-4-2-3-5-19(18)29-11-10-24-22(27)15(13-23)12-16-17(25)8-6-14-7-9-20(26)30-21(14)16/h2-9,12,25H,10-11H2,1H3,(H,24,27). The number of carbonyl (C=O) groups excluding carboxylic acids is 1. The molecule has 8 nitrogen and oxygen atoms in total. The van der Waals surface area contributed by atoms with E-state index >= 15 is 0 Å². The molecule has 3 aromatic rings. The molecule has 0 aliphatic carbocycles. The summed E-state index contributed by atoms with van der Waals surface area (Å²) in [5, 5.41) is 22.6. The van der Waals surface area contributed by atoms with Crippen molar-refractivity contribution in [3.05, 3.63) is 70.1 Å². The maximum atomic E-state index is 12.4. The summed E-state index contributed by atoms with van der Waals surface area (Å²) in [6.45, 7) is 0.283. The van der Waals surface area contributed by atoms with Crippen molar-refractivity contribution in [3.8, 4) is 23.3 Å². The Morgan fingerprint density at radius 1 is 1.20 bits per heavy atom. The van der Waals surface area contributed by atoms with Crippen LogP contribution in [0, 0.1) is 11.3 Å². The van der Waals surface area contributed by atoms with Gasteiger partial charge in [-0.3, -0.25) is 4.79 Å². The Morgan fingerprint density at radius 2 is 1.93 bits per heavy atom. The minimum atomic E-state index is -0.657. The van der Waals surface area contributed by atoms with Gasteiger partial charge >= 0.3 is 5.63 Å². The van der Waals surface area contributed by atoms with E-state index in [4.69, 9.17) is 13.9 Å². The second-order valence-electron chi connectivity index (χ2n) is 6.10. The number of fused-ring (bicyclic) bond motifs is 1. The Hall–Kier alpha value is -4.25. The Bertz CT molecular complexity index is 1210. The number of carbonyl (C=O) groups is 1. The zero-order valence-electron chi connectivity index (χ0n) is 16.0. The lowest BCUT2D eigenvalue weighted by atomic mass is 10.1. The summed E-state index contributed by atoms with van der Waals surface area (Å²) >= 11 is 0. The van der Waals surface area contributed by atoms with Crippen LogP contribution in [0.4, 0.5) is 0 Å². The molecule has 30 heavy (non-hydrogen) atoms. The molecule has 8 heteroatoms. The van der Waals surface area contributed by atoms with E-state index in [-0.39, 0.29) is 35.6 Å². The van der Waals surface area contributed by atoms with Gasteiger partial charge < -0.3 is 24.3 Å². The number of nitriles is 1. The smallest absolute Gasteiger partial charge is 0.336 e. The van der Waals surface area contributed by atoms with Gasteiger partial charge in [-0.05, 0) is 36.4 Å². The molecule has 152 valence electrons. The van der Waals surface area contributed by atoms with E-state index in [1.165, 1.54) is 31.4 Å². The normalized spacial score (nSPS) is 11.0. The van der Waals surface area contributed by atoms with Crippen molar-refractivity contribution >= 4 is 23.0 Å². The number of nitrogens with zero attached hydrogens (tertiary/aromatic N) is 1. The number of methoxy groups -OCH3 is 1. The van der Waals surface area contributed by atoms with E-state index in [2.05, 4.69) is 5.32 Å². The lowest BCUT2D eigenvalue weighted by Gasteiger charge is -2.10. The predicted molar refractivity (Wildman–Crippen MR) is 109 cm³/mol. The molecular weight excluding hydrogens is 388 g/mol. The maximum absolute atomic E-state index is 12.4. The Labute approximate surface area is 171 Å². The van der Waals surface area contributed by atoms with Gasteiger partial charge in [0.05, 0.1) is 19.2 Å². The quantitative estimate of drug-likeness (QED) is 0.268. The molecule has 2 N–H and O–H groups in total. The zero-order chi connectivity index (χ0) is 21.5. The van der Waals surface area contributed by atoms with Gasteiger partial charge in [-0.1, -0.05) is 12.1 Å². The van der Waals surface area contributed by atoms with E-state index in [0.717, 1.165) is 0 Å². The number of rotatable bonds is 7. The number of para-hydroxylation sites is 2. The third-order valence-electron chi connectivity index (χ3n) is 4.17. The third-order valence-corrected chi connectivity index (χ3v) is 4.17. The van der Waals surface area contributed by atoms with Gasteiger partial charge in [0.25, 0.3) is 5.91 Å². The van der Waals surface area contributed by atoms with Crippen LogP contribution in [0.15, 0.2) is 63.3 Å². The van der Waals surface area contributed by atoms with Crippen LogP contribution >= 0.6 is 0 Å². The molecule has 0 atom stereocenters. The minimum Gasteiger partial charge on any atom is -0.507 e. The molecular formula is C22H18N2O6. The highest BCUT2D eigenvalue weighted by atomic mass is 16.5. The van der Waals surface area contributed by atoms with E-state index in [1.54, 1.807) is 30.3 Å². The number of phenols is 1. The van der Waals surface area contributed by atoms with Gasteiger partial charge in [0, 0.05) is 11.5 Å². The highest BCUT2D eigenvalue weighted by molar-refractivity contribution is 6.04. The average molecular weight is 406 g/mol. The number of hydrogen-bond acceptors (Lipinski definition) is 7. The molecule has 0 saturated carbocycles. The summed E-state index contributed by atoms with van der Waals surface area (Å²) in [6.07, 6.45) is 1.18. The van der Waals surface area contributed by atoms with Gasteiger partial charge in [0.1, 0.15) is 29.6 Å². The summed E-state index contributed by atoms with van der Waals surface area (Å²) in [5.74, 6) is 0.211. The van der Waals surface area contributed by atoms with Crippen molar-refractivity contribution in [1.82, 2.24) is 5.32 Å². The number of amides is 1. The second kappa shape index (κ2) is 9.30. The van der Waals surface area contributed by atoms with Crippen molar-refractivity contribution < 1.29 is 23.8 Å². The average Bonchev–Trinajstić information content (AvgIpc) is 2.76. The number of benzene rings is 2. The second-order valence-corrected chi connectivity index (χ2v) is 6.10. The molecule has 1 heterocycles. The van der Waals surface area contributed by atoms with Gasteiger partial charge in [-0.15, -0.1) is 0 Å². The maximum Gasteiger partial charge on any atom is 0.336 e. The topological polar surface area (TPSA) is 122 Å². The first kappa shape index (κ1) is 20.5. The fourth-order valence-corrected chi connectivity index (χ4v) is 2.73. The van der Waals surface area contributed by atoms with Gasteiger partial charge in [-0.2, -0.15) is 5.26 Å². The number of phenolic OH excluding ortho intramolecular Hbond substituents is 1. The molecule has 0 radical (unpaired) electrons. The van der Waals surface area contributed by atoms with Crippen LogP contribution in [-0.2, 0) is 4.79 Å². The van der Waals surface area contributed by atoms with Crippen LogP contribution in [-0.4, -0.2) is 31.3 Å². The fraction of sp³-hybridized carbons (Fsp3) is 0.136. The highest BCUT2D eigenvalue weighted by Gasteiger charge is 2.14. The minimum absolute atomic E-state index is 0.0715. The van der Waals surface area contributed by atoms with Crippen LogP contribution < -0.4 is 20.4 Å². The van der Waals surface area contributed by atoms with Crippen LogP contribution in [0.3, 0.4) is 0 Å². The first-order valence-electron chi connectivity index (χ1n) is 8.95. The van der Waals surface area contributed by atoms with Crippen LogP contribution in [0.1, 0.15) is 5.56 Å². The van der Waals surface area contributed by atoms with E-state index in [0.29, 0.717) is 16.9 Å². The summed E-state index contributed by atoms with van der Waals surface area (Å²) in [4.78, 5) is 23.9. The van der Waals surface area contributed by atoms with Gasteiger partial charge in [-0.25, -0.2) is 4.79 Å². The summed E-state index contributed by atoms with van der Waals surface area (Å²) < 4.78 is 15.9. The molecule has 0 fully saturated rings. The van der Waals surface area contributed by atoms with Crippen molar-refractivity contribution in [2.24, 2.45) is 0 Å². The van der Waals surface area contributed by atoms with Crippen molar-refractivity contribution in [2.75, 3.05) is 20.3 Å². The molecule has 0 aliphatic heterocycles. The lowest BCUT2D eigenvalue weighted by molar-refractivity contribution is -0.117. The Balaban J connectivity index is 1.72. The molecule has 0 spiro atoms. The van der Waals surface area contributed by atoms with E-state index in [1.807, 2.05) is 6.07 Å². The van der Waals surface area contributed by atoms with Crippen molar-refractivity contribution in [1.29, 1.82) is 5.26 Å². The first-order valence-corrected chi connectivity index (χ1v) is 8.95. The van der Waals surface area contributed by atoms with E-state index < -0.39 is 11.5 Å². The van der Waals surface area contributed by atoms with E-state index in [9.17, 15) is 20.0 Å². The molecule has 0 unspecified atom stereocenters. The van der Waals surface area contributed by atoms with Gasteiger partial charge in [0.15, 0.2) is 11.5 Å². The fourth-order valence-electron chi connectivity index (χ4n) is 2.73. The SMILES string of the molecule is COc1ccccc1OCCNC(=O)C(C#N)=Cc1c(O)ccc2ccc(=O)oc12. The molecule has 0 aliphatic rings. The molecule has 0 bridgehead atoms. The largest absolute Gasteiger partial charge is 0.507 e. The molecule has 1 aromatic heterocycles. The number of nitrogens with one attached hydrogen (secondary N) is 1. The summed E-state index contributed by atoms with van der Waals surface area (Å²) in [7, 11) is 1.53. The monoisotopic (exact) mass is 406 g/mol. The highest BCUT2D eigenvalue weighted by Crippen LogP contribution is 2.28. The third kappa shape index (κ3) is 4.59. The van der Waals surface area contributed by atoms with Crippen molar-refractivity contribution in [3.63, 3.8) is 0 Å². The Morgan fingerprint density at radius 3 is 2.67 bits per heavy atom. The summed E-state index contributed by atoms with van der Waals surface area (Å²) in [5.41, 5.74) is -0.717. The first-order chi connectivity index (χ1) is 14.5. The summed E-state index contributed by atoms with van der Waals surface area (Å²) in [6, 6.07) is 14.6. The molecule has 1 amide bonds. The van der Waals surface area contributed by atoms with Crippen LogP contribution in [0.5, 0.6) is 17.2 Å². The number of aromatic hydroxyl groups is 1. The number of ether oxygens (including phenoxy) is 2. The van der Waals surface area contributed by atoms with Crippen LogP contribution in [0.25, 0.3) is 17.0 Å². The number of hydrogen-bond donors (Lipinski definition) is 2. The van der Waals surface area contributed by atoms with Gasteiger partial charge in [0.2, 0.25) is 0 Å². The lowest BCUT2D eigenvalue weighted by Crippen LogP contribution is -2.29. The molecule has 0 saturated heterocycles. The molecule has 2 aromatic carbocycles. The predicted octanol–water partition coefficient (Wildman–Crippen LogP) is 2.61. The molecule has 3 rings (SSSR count).